The minimum absolute atomic E-state index is 0.229. The highest BCUT2D eigenvalue weighted by molar-refractivity contribution is 6.31. The van der Waals surface area contributed by atoms with Gasteiger partial charge in [-0.1, -0.05) is 35.8 Å². The van der Waals surface area contributed by atoms with Gasteiger partial charge >= 0.3 is 6.03 Å². The maximum atomic E-state index is 11.3. The van der Waals surface area contributed by atoms with Crippen molar-refractivity contribution in [2.75, 3.05) is 11.9 Å². The highest BCUT2D eigenvalue weighted by atomic mass is 35.5. The fraction of sp³-hybridized carbons (Fsp3) is 0.182. The predicted molar refractivity (Wildman–Crippen MR) is 68.2 cm³/mol. The molecule has 2 amide bonds. The van der Waals surface area contributed by atoms with E-state index < -0.39 is 0 Å². The third-order valence-corrected chi connectivity index (χ3v) is 2.41. The van der Waals surface area contributed by atoms with E-state index in [-0.39, 0.29) is 12.6 Å². The van der Waals surface area contributed by atoms with Crippen LogP contribution in [0.15, 0.2) is 29.8 Å². The number of aryl methyl sites for hydroxylation is 1. The summed E-state index contributed by atoms with van der Waals surface area (Å²) >= 11 is 11.4. The highest BCUT2D eigenvalue weighted by Crippen LogP contribution is 2.19. The lowest BCUT2D eigenvalue weighted by atomic mass is 10.2. The number of hydrogen-bond donors (Lipinski definition) is 2. The minimum atomic E-state index is -0.346. The number of carbonyl (C=O) groups excluding carboxylic acids is 1. The molecule has 0 unspecified atom stereocenters. The van der Waals surface area contributed by atoms with Crippen LogP contribution in [-0.2, 0) is 0 Å². The molecule has 0 bridgehead atoms. The van der Waals surface area contributed by atoms with E-state index in [0.29, 0.717) is 15.7 Å². The molecule has 0 radical (unpaired) electrons. The first-order chi connectivity index (χ1) is 7.49. The quantitative estimate of drug-likeness (QED) is 0.856. The van der Waals surface area contributed by atoms with Gasteiger partial charge in [0.1, 0.15) is 0 Å². The molecule has 0 aliphatic heterocycles. The van der Waals surface area contributed by atoms with Crippen molar-refractivity contribution in [2.24, 2.45) is 0 Å². The Kier molecular flexibility index (Phi) is 4.65. The van der Waals surface area contributed by atoms with E-state index in [9.17, 15) is 4.79 Å². The van der Waals surface area contributed by atoms with Gasteiger partial charge in [0.2, 0.25) is 0 Å². The molecule has 0 aliphatic rings. The first kappa shape index (κ1) is 12.9. The van der Waals surface area contributed by atoms with E-state index in [4.69, 9.17) is 23.2 Å². The van der Waals surface area contributed by atoms with Crippen LogP contribution >= 0.6 is 23.2 Å². The van der Waals surface area contributed by atoms with Crippen LogP contribution in [0.1, 0.15) is 5.56 Å². The molecular formula is C11H12Cl2N2O. The van der Waals surface area contributed by atoms with Gasteiger partial charge in [0.15, 0.2) is 0 Å². The SMILES string of the molecule is C=C(Cl)CNC(=O)Nc1ccc(C)c(Cl)c1. The number of amides is 2. The van der Waals surface area contributed by atoms with Crippen LogP contribution < -0.4 is 10.6 Å². The summed E-state index contributed by atoms with van der Waals surface area (Å²) in [7, 11) is 0. The van der Waals surface area contributed by atoms with E-state index in [2.05, 4.69) is 17.2 Å². The zero-order valence-corrected chi connectivity index (χ0v) is 10.3. The molecule has 16 heavy (non-hydrogen) atoms. The predicted octanol–water partition coefficient (Wildman–Crippen LogP) is 3.52. The standard InChI is InChI=1S/C11H12Cl2N2O/c1-7-3-4-9(5-10(7)13)15-11(16)14-6-8(2)12/h3-5H,2,6H2,1H3,(H2,14,15,16). The van der Waals surface area contributed by atoms with E-state index in [1.54, 1.807) is 12.1 Å². The molecule has 2 N–H and O–H groups in total. The van der Waals surface area contributed by atoms with Crippen LogP contribution in [0, 0.1) is 6.92 Å². The maximum absolute atomic E-state index is 11.3. The van der Waals surface area contributed by atoms with Crippen molar-refractivity contribution in [3.63, 3.8) is 0 Å². The summed E-state index contributed by atoms with van der Waals surface area (Å²) in [5.41, 5.74) is 1.59. The van der Waals surface area contributed by atoms with Crippen LogP contribution in [-0.4, -0.2) is 12.6 Å². The zero-order chi connectivity index (χ0) is 12.1. The van der Waals surface area contributed by atoms with Gasteiger partial charge in [-0.2, -0.15) is 0 Å². The van der Waals surface area contributed by atoms with Gasteiger partial charge in [0.05, 0.1) is 6.54 Å². The molecule has 1 aromatic rings. The highest BCUT2D eigenvalue weighted by Gasteiger charge is 2.02. The number of nitrogens with one attached hydrogen (secondary N) is 2. The van der Waals surface area contributed by atoms with Gasteiger partial charge < -0.3 is 10.6 Å². The second-order valence-corrected chi connectivity index (χ2v) is 4.23. The number of hydrogen-bond acceptors (Lipinski definition) is 1. The van der Waals surface area contributed by atoms with Crippen LogP contribution in [0.4, 0.5) is 10.5 Å². The van der Waals surface area contributed by atoms with Gasteiger partial charge in [-0.05, 0) is 24.6 Å². The van der Waals surface area contributed by atoms with E-state index in [1.807, 2.05) is 13.0 Å². The molecule has 0 saturated carbocycles. The van der Waals surface area contributed by atoms with Gasteiger partial charge in [0.25, 0.3) is 0 Å². The van der Waals surface area contributed by atoms with Gasteiger partial charge in [-0.3, -0.25) is 0 Å². The summed E-state index contributed by atoms with van der Waals surface area (Å²) in [6, 6.07) is 4.95. The summed E-state index contributed by atoms with van der Waals surface area (Å²) in [6.45, 7) is 5.58. The molecule has 0 atom stereocenters. The smallest absolute Gasteiger partial charge is 0.319 e. The molecule has 1 rings (SSSR count). The summed E-state index contributed by atoms with van der Waals surface area (Å²) in [5, 5.41) is 6.15. The fourth-order valence-corrected chi connectivity index (χ4v) is 1.27. The Bertz CT molecular complexity index is 418. The maximum Gasteiger partial charge on any atom is 0.319 e. The Morgan fingerprint density at radius 2 is 2.19 bits per heavy atom. The molecule has 1 aromatic carbocycles. The molecule has 3 nitrogen and oxygen atoms in total. The monoisotopic (exact) mass is 258 g/mol. The van der Waals surface area contributed by atoms with Crippen molar-refractivity contribution in [1.82, 2.24) is 5.32 Å². The van der Waals surface area contributed by atoms with Crippen molar-refractivity contribution >= 4 is 34.9 Å². The first-order valence-electron chi connectivity index (χ1n) is 4.63. The third-order valence-electron chi connectivity index (χ3n) is 1.87. The molecule has 0 spiro atoms. The molecule has 5 heteroatoms. The molecular weight excluding hydrogens is 247 g/mol. The van der Waals surface area contributed by atoms with Crippen molar-refractivity contribution < 1.29 is 4.79 Å². The molecule has 0 fully saturated rings. The number of urea groups is 1. The van der Waals surface area contributed by atoms with Crippen molar-refractivity contribution in [3.05, 3.63) is 40.4 Å². The zero-order valence-electron chi connectivity index (χ0n) is 8.81. The Balaban J connectivity index is 2.56. The first-order valence-corrected chi connectivity index (χ1v) is 5.39. The summed E-state index contributed by atoms with van der Waals surface area (Å²) in [6.07, 6.45) is 0. The normalized spacial score (nSPS) is 9.69. The average molecular weight is 259 g/mol. The van der Waals surface area contributed by atoms with E-state index in [0.717, 1.165) is 5.56 Å². The number of rotatable bonds is 3. The Morgan fingerprint density at radius 1 is 1.50 bits per heavy atom. The van der Waals surface area contributed by atoms with Gasteiger partial charge in [-0.15, -0.1) is 0 Å². The second kappa shape index (κ2) is 5.77. The Labute approximate surface area is 104 Å². The molecule has 0 aromatic heterocycles. The summed E-state index contributed by atoms with van der Waals surface area (Å²) < 4.78 is 0. The minimum Gasteiger partial charge on any atom is -0.333 e. The van der Waals surface area contributed by atoms with Crippen LogP contribution in [0.2, 0.25) is 5.02 Å². The Hall–Kier alpha value is -1.19. The van der Waals surface area contributed by atoms with E-state index >= 15 is 0 Å². The molecule has 0 heterocycles. The van der Waals surface area contributed by atoms with E-state index in [1.165, 1.54) is 0 Å². The van der Waals surface area contributed by atoms with Crippen LogP contribution in [0.5, 0.6) is 0 Å². The molecule has 86 valence electrons. The van der Waals surface area contributed by atoms with Gasteiger partial charge in [-0.25, -0.2) is 4.79 Å². The lowest BCUT2D eigenvalue weighted by Crippen LogP contribution is -2.29. The third kappa shape index (κ3) is 4.13. The van der Waals surface area contributed by atoms with Crippen molar-refractivity contribution in [2.45, 2.75) is 6.92 Å². The lowest BCUT2D eigenvalue weighted by molar-refractivity contribution is 0.253. The van der Waals surface area contributed by atoms with Crippen LogP contribution in [0.3, 0.4) is 0 Å². The van der Waals surface area contributed by atoms with Crippen molar-refractivity contribution in [1.29, 1.82) is 0 Å². The molecule has 0 saturated heterocycles. The van der Waals surface area contributed by atoms with Crippen LogP contribution in [0.25, 0.3) is 0 Å². The average Bonchev–Trinajstić information content (AvgIpc) is 2.21. The summed E-state index contributed by atoms with van der Waals surface area (Å²) in [5.74, 6) is 0. The number of benzene rings is 1. The topological polar surface area (TPSA) is 41.1 Å². The summed E-state index contributed by atoms with van der Waals surface area (Å²) in [4.78, 5) is 11.3. The lowest BCUT2D eigenvalue weighted by Gasteiger charge is -2.07. The fourth-order valence-electron chi connectivity index (χ4n) is 1.02. The largest absolute Gasteiger partial charge is 0.333 e. The number of halogens is 2. The molecule has 0 aliphatic carbocycles. The van der Waals surface area contributed by atoms with Gasteiger partial charge in [0, 0.05) is 15.7 Å². The Morgan fingerprint density at radius 3 is 2.75 bits per heavy atom. The number of anilines is 1. The number of carbonyl (C=O) groups is 1. The second-order valence-electron chi connectivity index (χ2n) is 3.29. The van der Waals surface area contributed by atoms with Crippen molar-refractivity contribution in [3.8, 4) is 0 Å².